The molecule has 0 unspecified atom stereocenters. The summed E-state index contributed by atoms with van der Waals surface area (Å²) in [5, 5.41) is 20.4. The lowest BCUT2D eigenvalue weighted by molar-refractivity contribution is -0.0543. The predicted octanol–water partition coefficient (Wildman–Crippen LogP) is -0.916. The Morgan fingerprint density at radius 3 is 2.70 bits per heavy atom. The summed E-state index contributed by atoms with van der Waals surface area (Å²) in [6, 6.07) is 1.57. The molecule has 0 aliphatic carbocycles. The second kappa shape index (κ2) is 7.41. The van der Waals surface area contributed by atoms with Gasteiger partial charge in [-0.3, -0.25) is 9.09 Å². The molecule has 23 heavy (non-hydrogen) atoms. The van der Waals surface area contributed by atoms with Crippen molar-refractivity contribution in [3.05, 3.63) is 22.7 Å². The minimum Gasteiger partial charge on any atom is -0.387 e. The van der Waals surface area contributed by atoms with Crippen LogP contribution in [0.1, 0.15) is 13.2 Å². The number of aliphatic hydroxyl groups is 2. The van der Waals surface area contributed by atoms with Crippen LogP contribution in [0.15, 0.2) is 22.1 Å². The molecule has 12 heteroatoms. The van der Waals surface area contributed by atoms with Crippen molar-refractivity contribution in [1.29, 1.82) is 0 Å². The molecule has 1 aromatic rings. The molecular weight excluding hydrogens is 351 g/mol. The lowest BCUT2D eigenvalue weighted by Gasteiger charge is -2.17. The first-order valence-electron chi connectivity index (χ1n) is 6.66. The van der Waals surface area contributed by atoms with E-state index in [0.29, 0.717) is 5.03 Å². The van der Waals surface area contributed by atoms with Crippen LogP contribution in [0.5, 0.6) is 0 Å². The first-order chi connectivity index (χ1) is 10.7. The molecule has 1 aliphatic rings. The van der Waals surface area contributed by atoms with Gasteiger partial charge in [0.1, 0.15) is 23.3 Å². The van der Waals surface area contributed by atoms with Crippen LogP contribution >= 0.6 is 19.6 Å². The Morgan fingerprint density at radius 1 is 1.43 bits per heavy atom. The van der Waals surface area contributed by atoms with E-state index in [2.05, 4.69) is 9.51 Å². The van der Waals surface area contributed by atoms with Gasteiger partial charge in [0.2, 0.25) is 0 Å². The van der Waals surface area contributed by atoms with E-state index in [1.807, 2.05) is 6.92 Å². The van der Waals surface area contributed by atoms with Gasteiger partial charge in [-0.1, -0.05) is 6.92 Å². The summed E-state index contributed by atoms with van der Waals surface area (Å²) < 4.78 is 21.2. The molecule has 1 aromatic heterocycles. The molecule has 0 amide bonds. The number of rotatable bonds is 6. The summed E-state index contributed by atoms with van der Waals surface area (Å²) in [4.78, 5) is 33.1. The van der Waals surface area contributed by atoms with Crippen molar-refractivity contribution in [3.8, 4) is 0 Å². The summed E-state index contributed by atoms with van der Waals surface area (Å²) >= 11 is 1.37. The first kappa shape index (κ1) is 18.6. The summed E-state index contributed by atoms with van der Waals surface area (Å²) in [6.45, 7) is 1.27. The molecule has 10 nitrogen and oxygen atoms in total. The quantitative estimate of drug-likeness (QED) is 0.282. The number of ether oxygens (including phenoxy) is 1. The topological polar surface area (TPSA) is 151 Å². The fourth-order valence-electron chi connectivity index (χ4n) is 2.09. The van der Waals surface area contributed by atoms with Crippen molar-refractivity contribution in [1.82, 2.24) is 9.55 Å². The molecular formula is C11H17N2O8PS. The molecule has 1 saturated heterocycles. The minimum absolute atomic E-state index is 0.517. The molecule has 0 bridgehead atoms. The molecule has 1 aliphatic heterocycles. The zero-order valence-electron chi connectivity index (χ0n) is 12.1. The van der Waals surface area contributed by atoms with Gasteiger partial charge >= 0.3 is 13.5 Å². The zero-order chi connectivity index (χ0) is 17.2. The van der Waals surface area contributed by atoms with Crippen LogP contribution in [-0.4, -0.2) is 60.2 Å². The number of hydrogen-bond acceptors (Lipinski definition) is 8. The zero-order valence-corrected chi connectivity index (χ0v) is 13.8. The second-order valence-corrected chi connectivity index (χ2v) is 7.24. The van der Waals surface area contributed by atoms with Crippen LogP contribution in [0.4, 0.5) is 0 Å². The molecule has 4 atom stereocenters. The lowest BCUT2D eigenvalue weighted by atomic mass is 10.1. The fraction of sp³-hybridized carbons (Fsp3) is 0.636. The fourth-order valence-corrected chi connectivity index (χ4v) is 3.02. The second-order valence-electron chi connectivity index (χ2n) is 4.72. The number of nitrogens with zero attached hydrogens (tertiary/aromatic N) is 2. The molecule has 130 valence electrons. The Bertz CT molecular complexity index is 649. The number of hydrogen-bond donors (Lipinski definition) is 4. The van der Waals surface area contributed by atoms with Crippen LogP contribution < -0.4 is 5.69 Å². The molecule has 2 heterocycles. The largest absolute Gasteiger partial charge is 0.469 e. The van der Waals surface area contributed by atoms with Gasteiger partial charge in [0.15, 0.2) is 6.23 Å². The smallest absolute Gasteiger partial charge is 0.387 e. The highest BCUT2D eigenvalue weighted by molar-refractivity contribution is 7.99. The van der Waals surface area contributed by atoms with E-state index in [1.165, 1.54) is 18.0 Å². The molecule has 0 spiro atoms. The van der Waals surface area contributed by atoms with E-state index in [1.54, 1.807) is 6.07 Å². The van der Waals surface area contributed by atoms with E-state index in [-0.39, 0.29) is 0 Å². The van der Waals surface area contributed by atoms with Crippen molar-refractivity contribution in [2.75, 3.05) is 12.4 Å². The Morgan fingerprint density at radius 2 is 2.13 bits per heavy atom. The molecule has 1 fully saturated rings. The number of thioether (sulfide) groups is 1. The number of phosphoric ester groups is 1. The van der Waals surface area contributed by atoms with Crippen molar-refractivity contribution in [2.45, 2.75) is 36.5 Å². The Kier molecular flexibility index (Phi) is 5.98. The Balaban J connectivity index is 2.14. The minimum atomic E-state index is -4.74. The Labute approximate surface area is 135 Å². The third-order valence-electron chi connectivity index (χ3n) is 3.11. The van der Waals surface area contributed by atoms with Gasteiger partial charge in [0.05, 0.1) is 6.61 Å². The molecule has 2 rings (SSSR count). The van der Waals surface area contributed by atoms with Crippen LogP contribution in [0, 0.1) is 0 Å². The van der Waals surface area contributed by atoms with Crippen LogP contribution in [0.25, 0.3) is 0 Å². The van der Waals surface area contributed by atoms with Gasteiger partial charge < -0.3 is 24.7 Å². The maximum atomic E-state index is 12.0. The average Bonchev–Trinajstić information content (AvgIpc) is 2.73. The maximum Gasteiger partial charge on any atom is 0.469 e. The van der Waals surface area contributed by atoms with Gasteiger partial charge in [0, 0.05) is 6.20 Å². The SMILES string of the molecule is CCSc1ccn([C@@H]2O[C@H](COP(=O)(O)O)[C@@H](O)[C@H]2O)c(=O)n1. The lowest BCUT2D eigenvalue weighted by Crippen LogP contribution is -2.36. The Hall–Kier alpha value is -0.780. The van der Waals surface area contributed by atoms with E-state index in [4.69, 9.17) is 14.5 Å². The summed E-state index contributed by atoms with van der Waals surface area (Å²) in [5.41, 5.74) is -0.670. The molecule has 0 aromatic carbocycles. The van der Waals surface area contributed by atoms with E-state index in [0.717, 1.165) is 10.3 Å². The highest BCUT2D eigenvalue weighted by Crippen LogP contribution is 2.38. The highest BCUT2D eigenvalue weighted by Gasteiger charge is 2.44. The van der Waals surface area contributed by atoms with Gasteiger partial charge in [0.25, 0.3) is 0 Å². The number of aromatic nitrogens is 2. The standard InChI is InChI=1S/C11H17N2O8PS/c1-2-23-7-3-4-13(11(16)12-7)10-9(15)8(14)6(21-10)5-20-22(17,18)19/h3-4,6,8-10,14-15H,2,5H2,1H3,(H2,17,18,19)/t6-,8-,9-,10-/m1/s1. The number of phosphoric acid groups is 1. The van der Waals surface area contributed by atoms with E-state index >= 15 is 0 Å². The maximum absolute atomic E-state index is 12.0. The van der Waals surface area contributed by atoms with Crippen LogP contribution in [-0.2, 0) is 13.8 Å². The highest BCUT2D eigenvalue weighted by atomic mass is 32.2. The van der Waals surface area contributed by atoms with Gasteiger partial charge in [-0.05, 0) is 11.8 Å². The van der Waals surface area contributed by atoms with E-state index < -0.39 is 44.7 Å². The normalized spacial score (nSPS) is 28.2. The van der Waals surface area contributed by atoms with Crippen molar-refractivity contribution in [3.63, 3.8) is 0 Å². The van der Waals surface area contributed by atoms with E-state index in [9.17, 15) is 19.6 Å². The molecule has 4 N–H and O–H groups in total. The summed E-state index contributed by atoms with van der Waals surface area (Å²) in [6.07, 6.45) is -3.98. The van der Waals surface area contributed by atoms with Crippen molar-refractivity contribution < 1.29 is 33.8 Å². The molecule has 0 saturated carbocycles. The van der Waals surface area contributed by atoms with Gasteiger partial charge in [-0.15, -0.1) is 11.8 Å². The van der Waals surface area contributed by atoms with Crippen LogP contribution in [0.2, 0.25) is 0 Å². The van der Waals surface area contributed by atoms with Gasteiger partial charge in [-0.2, -0.15) is 4.98 Å². The van der Waals surface area contributed by atoms with Crippen molar-refractivity contribution in [2.24, 2.45) is 0 Å². The monoisotopic (exact) mass is 368 g/mol. The molecule has 0 radical (unpaired) electrons. The number of aliphatic hydroxyl groups excluding tert-OH is 2. The average molecular weight is 368 g/mol. The van der Waals surface area contributed by atoms with Crippen molar-refractivity contribution >= 4 is 19.6 Å². The predicted molar refractivity (Wildman–Crippen MR) is 78.8 cm³/mol. The van der Waals surface area contributed by atoms with Gasteiger partial charge in [-0.25, -0.2) is 9.36 Å². The third kappa shape index (κ3) is 4.61. The first-order valence-corrected chi connectivity index (χ1v) is 9.18. The summed E-state index contributed by atoms with van der Waals surface area (Å²) in [5.74, 6) is 0.736. The third-order valence-corrected chi connectivity index (χ3v) is 4.41. The van der Waals surface area contributed by atoms with Crippen LogP contribution in [0.3, 0.4) is 0 Å². The summed E-state index contributed by atoms with van der Waals surface area (Å²) in [7, 11) is -4.74.